The van der Waals surface area contributed by atoms with Crippen molar-refractivity contribution in [2.24, 2.45) is 0 Å². The van der Waals surface area contributed by atoms with Gasteiger partial charge in [0.25, 0.3) is 0 Å². The van der Waals surface area contributed by atoms with Crippen molar-refractivity contribution in [2.45, 2.75) is 39.3 Å². The van der Waals surface area contributed by atoms with E-state index in [1.165, 1.54) is 16.0 Å². The van der Waals surface area contributed by atoms with Crippen LogP contribution in [0.3, 0.4) is 0 Å². The van der Waals surface area contributed by atoms with Gasteiger partial charge in [-0.15, -0.1) is 0 Å². The second-order valence-corrected chi connectivity index (χ2v) is 8.21. The highest BCUT2D eigenvalue weighted by Crippen LogP contribution is 2.23. The van der Waals surface area contributed by atoms with Crippen LogP contribution < -0.4 is 15.3 Å². The number of rotatable bonds is 5. The Bertz CT molecular complexity index is 981. The van der Waals surface area contributed by atoms with Gasteiger partial charge in [-0.1, -0.05) is 45.0 Å². The predicted octanol–water partition coefficient (Wildman–Crippen LogP) is 3.31. The van der Waals surface area contributed by atoms with Gasteiger partial charge in [0.05, 0.1) is 14.2 Å². The Labute approximate surface area is 160 Å². The van der Waals surface area contributed by atoms with Gasteiger partial charge in [0.1, 0.15) is 24.4 Å². The van der Waals surface area contributed by atoms with E-state index in [9.17, 15) is 4.79 Å². The first-order chi connectivity index (χ1) is 12.8. The summed E-state index contributed by atoms with van der Waals surface area (Å²) in [6.07, 6.45) is 0. The summed E-state index contributed by atoms with van der Waals surface area (Å²) in [7, 11) is 3.74. The third kappa shape index (κ3) is 4.58. The number of nitrogens with one attached hydrogen (secondary N) is 1. The lowest BCUT2D eigenvalue weighted by Gasteiger charge is -2.20. The van der Waals surface area contributed by atoms with Crippen molar-refractivity contribution in [3.63, 3.8) is 0 Å². The van der Waals surface area contributed by atoms with Gasteiger partial charge in [-0.05, 0) is 23.1 Å². The maximum absolute atomic E-state index is 12.0. The molecule has 142 valence electrons. The zero-order valence-corrected chi connectivity index (χ0v) is 16.8. The molecule has 2 aromatic carbocycles. The summed E-state index contributed by atoms with van der Waals surface area (Å²) in [5, 5.41) is 0.956. The van der Waals surface area contributed by atoms with Crippen LogP contribution in [0.4, 0.5) is 0 Å². The number of quaternary nitrogens is 1. The predicted molar refractivity (Wildman–Crippen MR) is 108 cm³/mol. The molecule has 0 spiro atoms. The third-order valence-corrected chi connectivity index (χ3v) is 4.86. The summed E-state index contributed by atoms with van der Waals surface area (Å²) < 4.78 is 10.6. The first-order valence-electron chi connectivity index (χ1n) is 9.28. The smallest absolute Gasteiger partial charge is 0.336 e. The molecule has 0 saturated carbocycles. The zero-order chi connectivity index (χ0) is 19.6. The van der Waals surface area contributed by atoms with E-state index in [0.29, 0.717) is 11.3 Å². The highest BCUT2D eigenvalue weighted by Gasteiger charge is 2.15. The molecule has 1 atom stereocenters. The maximum atomic E-state index is 12.0. The van der Waals surface area contributed by atoms with Crippen LogP contribution in [0.2, 0.25) is 0 Å². The van der Waals surface area contributed by atoms with Gasteiger partial charge < -0.3 is 14.1 Å². The van der Waals surface area contributed by atoms with Crippen LogP contribution in [0.5, 0.6) is 5.75 Å². The summed E-state index contributed by atoms with van der Waals surface area (Å²) in [5.74, 6) is 0.683. The third-order valence-electron chi connectivity index (χ3n) is 4.86. The van der Waals surface area contributed by atoms with Gasteiger partial charge in [0.15, 0.2) is 0 Å². The van der Waals surface area contributed by atoms with E-state index >= 15 is 0 Å². The molecule has 4 heteroatoms. The number of fused-ring (bicyclic) bond motifs is 1. The molecule has 1 unspecified atom stereocenters. The van der Waals surface area contributed by atoms with Crippen molar-refractivity contribution < 1.29 is 14.1 Å². The van der Waals surface area contributed by atoms with Crippen molar-refractivity contribution in [3.8, 4) is 5.75 Å². The van der Waals surface area contributed by atoms with Gasteiger partial charge in [0.2, 0.25) is 0 Å². The SMILES string of the molecule is COc1ccc2c(C[NH+](C)Cc3ccc(C(C)(C)C)cc3)cc(=O)oc2c1. The molecule has 1 aromatic heterocycles. The fourth-order valence-electron chi connectivity index (χ4n) is 3.34. The van der Waals surface area contributed by atoms with Crippen molar-refractivity contribution >= 4 is 11.0 Å². The molecule has 3 aromatic rings. The quantitative estimate of drug-likeness (QED) is 0.705. The van der Waals surface area contributed by atoms with Gasteiger partial charge in [-0.2, -0.15) is 0 Å². The summed E-state index contributed by atoms with van der Waals surface area (Å²) in [4.78, 5) is 13.3. The zero-order valence-electron chi connectivity index (χ0n) is 16.8. The topological polar surface area (TPSA) is 43.9 Å². The van der Waals surface area contributed by atoms with E-state index in [1.807, 2.05) is 12.1 Å². The van der Waals surface area contributed by atoms with E-state index in [0.717, 1.165) is 24.0 Å². The maximum Gasteiger partial charge on any atom is 0.336 e. The van der Waals surface area contributed by atoms with Crippen LogP contribution in [0.1, 0.15) is 37.5 Å². The molecular formula is C23H28NO3+. The van der Waals surface area contributed by atoms with E-state index in [4.69, 9.17) is 9.15 Å². The molecular weight excluding hydrogens is 338 g/mol. The summed E-state index contributed by atoms with van der Waals surface area (Å²) >= 11 is 0. The molecule has 0 radical (unpaired) electrons. The Morgan fingerprint density at radius 2 is 1.70 bits per heavy atom. The minimum atomic E-state index is -0.326. The lowest BCUT2D eigenvalue weighted by molar-refractivity contribution is -0.907. The monoisotopic (exact) mass is 366 g/mol. The second-order valence-electron chi connectivity index (χ2n) is 8.21. The molecule has 0 aliphatic rings. The van der Waals surface area contributed by atoms with Crippen molar-refractivity contribution in [1.29, 1.82) is 0 Å². The lowest BCUT2D eigenvalue weighted by atomic mass is 9.87. The normalized spacial score (nSPS) is 12.9. The largest absolute Gasteiger partial charge is 0.497 e. The highest BCUT2D eigenvalue weighted by molar-refractivity contribution is 5.81. The van der Waals surface area contributed by atoms with E-state index in [1.54, 1.807) is 19.2 Å². The van der Waals surface area contributed by atoms with Crippen molar-refractivity contribution in [1.82, 2.24) is 0 Å². The number of hydrogen-bond donors (Lipinski definition) is 1. The minimum Gasteiger partial charge on any atom is -0.497 e. The first kappa shape index (κ1) is 19.2. The van der Waals surface area contributed by atoms with Gasteiger partial charge in [-0.3, -0.25) is 0 Å². The minimum absolute atomic E-state index is 0.162. The van der Waals surface area contributed by atoms with Gasteiger partial charge >= 0.3 is 5.63 Å². The standard InChI is InChI=1S/C23H27NO3/c1-23(2,3)18-8-6-16(7-9-18)14-24(4)15-17-12-22(25)27-21-13-19(26-5)10-11-20(17)21/h6-13H,14-15H2,1-5H3/p+1. The molecule has 0 aliphatic carbocycles. The Morgan fingerprint density at radius 3 is 2.33 bits per heavy atom. The van der Waals surface area contributed by atoms with Crippen LogP contribution in [0, 0.1) is 0 Å². The summed E-state index contributed by atoms with van der Waals surface area (Å²) in [6.45, 7) is 8.30. The average molecular weight is 366 g/mol. The number of hydrogen-bond acceptors (Lipinski definition) is 3. The van der Waals surface area contributed by atoms with Crippen molar-refractivity contribution in [3.05, 3.63) is 75.6 Å². The number of benzene rings is 2. The molecule has 0 aliphatic heterocycles. The van der Waals surface area contributed by atoms with Crippen molar-refractivity contribution in [2.75, 3.05) is 14.2 Å². The molecule has 27 heavy (non-hydrogen) atoms. The summed E-state index contributed by atoms with van der Waals surface area (Å²) in [6, 6.07) is 16.0. The molecule has 0 bridgehead atoms. The highest BCUT2D eigenvalue weighted by atomic mass is 16.5. The Morgan fingerprint density at radius 1 is 1.00 bits per heavy atom. The van der Waals surface area contributed by atoms with E-state index < -0.39 is 0 Å². The van der Waals surface area contributed by atoms with Crippen LogP contribution in [-0.2, 0) is 18.5 Å². The Hall–Kier alpha value is -2.59. The molecule has 4 nitrogen and oxygen atoms in total. The molecule has 3 rings (SSSR count). The van der Waals surface area contributed by atoms with Gasteiger partial charge in [0, 0.05) is 28.6 Å². The van der Waals surface area contributed by atoms with E-state index in [2.05, 4.69) is 52.1 Å². The second kappa shape index (κ2) is 7.57. The van der Waals surface area contributed by atoms with Crippen LogP contribution in [-0.4, -0.2) is 14.2 Å². The number of methoxy groups -OCH3 is 1. The fraction of sp³-hybridized carbons (Fsp3) is 0.348. The molecule has 0 fully saturated rings. The molecule has 1 heterocycles. The lowest BCUT2D eigenvalue weighted by Crippen LogP contribution is -3.06. The molecule has 0 saturated heterocycles. The summed E-state index contributed by atoms with van der Waals surface area (Å²) in [5.41, 5.74) is 4.02. The first-order valence-corrected chi connectivity index (χ1v) is 9.28. The average Bonchev–Trinajstić information content (AvgIpc) is 2.60. The fourth-order valence-corrected chi connectivity index (χ4v) is 3.34. The van der Waals surface area contributed by atoms with Crippen LogP contribution in [0.25, 0.3) is 11.0 Å². The van der Waals surface area contributed by atoms with Crippen LogP contribution in [0.15, 0.2) is 57.7 Å². The molecule has 0 amide bonds. The van der Waals surface area contributed by atoms with Crippen LogP contribution >= 0.6 is 0 Å². The number of ether oxygens (including phenoxy) is 1. The molecule has 1 N–H and O–H groups in total. The Balaban J connectivity index is 1.79. The Kier molecular flexibility index (Phi) is 5.38. The van der Waals surface area contributed by atoms with E-state index in [-0.39, 0.29) is 11.0 Å². The van der Waals surface area contributed by atoms with Gasteiger partial charge in [-0.25, -0.2) is 4.79 Å².